The molecule has 0 fully saturated rings. The fourth-order valence-electron chi connectivity index (χ4n) is 3.33. The number of aryl methyl sites for hydroxylation is 1. The molecule has 0 atom stereocenters. The summed E-state index contributed by atoms with van der Waals surface area (Å²) in [5.74, 6) is -0.812. The van der Waals surface area contributed by atoms with Gasteiger partial charge in [-0.25, -0.2) is 0 Å². The first-order valence-corrected chi connectivity index (χ1v) is 8.96. The van der Waals surface area contributed by atoms with E-state index < -0.39 is 5.97 Å². The topological polar surface area (TPSA) is 65.8 Å². The summed E-state index contributed by atoms with van der Waals surface area (Å²) in [5.41, 5.74) is 3.67. The van der Waals surface area contributed by atoms with Crippen LogP contribution >= 0.6 is 0 Å². The minimum atomic E-state index is -0.812. The molecular formula is C21H25N3O3. The molecule has 0 radical (unpaired) electrons. The number of carboxylic acid groups (broad SMARTS) is 1. The molecule has 2 aromatic carbocycles. The quantitative estimate of drug-likeness (QED) is 0.678. The Labute approximate surface area is 158 Å². The van der Waals surface area contributed by atoms with Crippen LogP contribution in [0.3, 0.4) is 0 Å². The second-order valence-corrected chi connectivity index (χ2v) is 7.17. The molecule has 1 N–H and O–H groups in total. The van der Waals surface area contributed by atoms with Gasteiger partial charge in [0.1, 0.15) is 0 Å². The number of nitrogens with zero attached hydrogens (tertiary/aromatic N) is 3. The molecule has 0 spiro atoms. The summed E-state index contributed by atoms with van der Waals surface area (Å²) in [6, 6.07) is 11.6. The summed E-state index contributed by atoms with van der Waals surface area (Å²) in [7, 11) is 7.83. The third-order valence-electron chi connectivity index (χ3n) is 4.84. The molecule has 27 heavy (non-hydrogen) atoms. The summed E-state index contributed by atoms with van der Waals surface area (Å²) in [6.45, 7) is 0.535. The molecule has 0 bridgehead atoms. The fraction of sp³-hybridized carbons (Fsp3) is 0.333. The number of fused-ring (bicyclic) bond motifs is 2. The maximum absolute atomic E-state index is 13.0. The van der Waals surface area contributed by atoms with Gasteiger partial charge in [-0.15, -0.1) is 0 Å². The molecular weight excluding hydrogens is 342 g/mol. The molecule has 142 valence electrons. The molecule has 1 aromatic heterocycles. The Bertz CT molecular complexity index is 996. The van der Waals surface area contributed by atoms with E-state index >= 15 is 0 Å². The first-order chi connectivity index (χ1) is 12.8. The lowest BCUT2D eigenvalue weighted by Crippen LogP contribution is -2.15. The largest absolute Gasteiger partial charge is 0.481 e. The van der Waals surface area contributed by atoms with Gasteiger partial charge in [0, 0.05) is 63.3 Å². The number of rotatable bonds is 6. The highest BCUT2D eigenvalue weighted by atomic mass is 16.4. The summed E-state index contributed by atoms with van der Waals surface area (Å²) in [4.78, 5) is 28.0. The van der Waals surface area contributed by atoms with E-state index in [2.05, 4.69) is 4.57 Å². The number of hydrogen-bond acceptors (Lipinski definition) is 4. The van der Waals surface area contributed by atoms with Gasteiger partial charge >= 0.3 is 5.97 Å². The molecule has 0 unspecified atom stereocenters. The molecule has 6 heteroatoms. The average Bonchev–Trinajstić information content (AvgIpc) is 2.63. The van der Waals surface area contributed by atoms with Crippen molar-refractivity contribution in [3.63, 3.8) is 0 Å². The first-order valence-electron chi connectivity index (χ1n) is 8.96. The van der Waals surface area contributed by atoms with Crippen molar-refractivity contribution in [2.75, 3.05) is 38.0 Å². The standard InChI is InChI=1S/C21H25N3O3/c1-22(2)14-7-9-16-18(12-14)24(11-5-6-20(25)26)19-13-15(23(3)4)8-10-17(19)21(16)27/h7-10,12-13H,5-6,11H2,1-4H3,(H,25,26). The molecule has 0 aliphatic carbocycles. The zero-order valence-corrected chi connectivity index (χ0v) is 16.2. The van der Waals surface area contributed by atoms with Crippen LogP contribution < -0.4 is 15.2 Å². The average molecular weight is 367 g/mol. The molecule has 0 amide bonds. The number of carboxylic acids is 1. The van der Waals surface area contributed by atoms with Gasteiger partial charge in [0.2, 0.25) is 0 Å². The van der Waals surface area contributed by atoms with Gasteiger partial charge in [0.15, 0.2) is 5.43 Å². The van der Waals surface area contributed by atoms with Gasteiger partial charge in [-0.1, -0.05) is 0 Å². The van der Waals surface area contributed by atoms with Crippen molar-refractivity contribution in [1.29, 1.82) is 0 Å². The van der Waals surface area contributed by atoms with Crippen molar-refractivity contribution in [3.8, 4) is 0 Å². The van der Waals surface area contributed by atoms with E-state index in [-0.39, 0.29) is 11.8 Å². The normalized spacial score (nSPS) is 11.1. The number of pyridine rings is 1. The van der Waals surface area contributed by atoms with Crippen LogP contribution in [-0.4, -0.2) is 43.8 Å². The van der Waals surface area contributed by atoms with Crippen molar-refractivity contribution in [2.45, 2.75) is 19.4 Å². The lowest BCUT2D eigenvalue weighted by molar-refractivity contribution is -0.137. The van der Waals surface area contributed by atoms with E-state index in [4.69, 9.17) is 5.11 Å². The highest BCUT2D eigenvalue weighted by Gasteiger charge is 2.13. The second kappa shape index (κ2) is 7.31. The molecule has 3 aromatic rings. The van der Waals surface area contributed by atoms with Gasteiger partial charge in [0.25, 0.3) is 0 Å². The van der Waals surface area contributed by atoms with Crippen molar-refractivity contribution >= 4 is 39.1 Å². The number of hydrogen-bond donors (Lipinski definition) is 1. The third kappa shape index (κ3) is 3.60. The monoisotopic (exact) mass is 367 g/mol. The second-order valence-electron chi connectivity index (χ2n) is 7.17. The van der Waals surface area contributed by atoms with Crippen molar-refractivity contribution in [1.82, 2.24) is 4.57 Å². The Morgan fingerprint density at radius 2 is 1.41 bits per heavy atom. The number of carbonyl (C=O) groups is 1. The van der Waals surface area contributed by atoms with Gasteiger partial charge < -0.3 is 19.5 Å². The Morgan fingerprint density at radius 3 is 1.81 bits per heavy atom. The lowest BCUT2D eigenvalue weighted by Gasteiger charge is -2.20. The van der Waals surface area contributed by atoms with Gasteiger partial charge in [-0.05, 0) is 42.8 Å². The first kappa shape index (κ1) is 18.8. The zero-order chi connectivity index (χ0) is 19.7. The van der Waals surface area contributed by atoms with E-state index in [0.717, 1.165) is 22.4 Å². The maximum Gasteiger partial charge on any atom is 0.303 e. The van der Waals surface area contributed by atoms with E-state index in [1.165, 1.54) is 0 Å². The van der Waals surface area contributed by atoms with Gasteiger partial charge in [-0.3, -0.25) is 9.59 Å². The molecule has 0 saturated carbocycles. The van der Waals surface area contributed by atoms with Gasteiger partial charge in [0.05, 0.1) is 11.0 Å². The minimum absolute atomic E-state index is 0.00472. The van der Waals surface area contributed by atoms with Gasteiger partial charge in [-0.2, -0.15) is 0 Å². The smallest absolute Gasteiger partial charge is 0.303 e. The highest BCUT2D eigenvalue weighted by molar-refractivity contribution is 5.96. The molecule has 0 aliphatic rings. The molecule has 1 heterocycles. The Kier molecular flexibility index (Phi) is 5.08. The van der Waals surface area contributed by atoms with Crippen LogP contribution in [0.2, 0.25) is 0 Å². The van der Waals surface area contributed by atoms with Crippen LogP contribution in [0.15, 0.2) is 41.2 Å². The van der Waals surface area contributed by atoms with Crippen molar-refractivity contribution < 1.29 is 9.90 Å². The van der Waals surface area contributed by atoms with E-state index in [9.17, 15) is 9.59 Å². The maximum atomic E-state index is 13.0. The van der Waals surface area contributed by atoms with Crippen LogP contribution in [0.4, 0.5) is 11.4 Å². The van der Waals surface area contributed by atoms with Crippen molar-refractivity contribution in [3.05, 3.63) is 46.6 Å². The fourth-order valence-corrected chi connectivity index (χ4v) is 3.33. The van der Waals surface area contributed by atoms with E-state index in [1.54, 1.807) is 0 Å². The van der Waals surface area contributed by atoms with Crippen molar-refractivity contribution in [2.24, 2.45) is 0 Å². The number of aliphatic carboxylic acids is 1. The summed E-state index contributed by atoms with van der Waals surface area (Å²) in [6.07, 6.45) is 0.594. The summed E-state index contributed by atoms with van der Waals surface area (Å²) >= 11 is 0. The molecule has 3 rings (SSSR count). The number of benzene rings is 2. The summed E-state index contributed by atoms with van der Waals surface area (Å²) < 4.78 is 2.08. The van der Waals surface area contributed by atoms with Crippen LogP contribution in [0.25, 0.3) is 21.8 Å². The molecule has 0 saturated heterocycles. The van der Waals surface area contributed by atoms with Crippen LogP contribution in [-0.2, 0) is 11.3 Å². The summed E-state index contributed by atoms with van der Waals surface area (Å²) in [5, 5.41) is 10.3. The molecule has 0 aliphatic heterocycles. The predicted molar refractivity (Wildman–Crippen MR) is 111 cm³/mol. The SMILES string of the molecule is CN(C)c1ccc2c(=O)c3ccc(N(C)C)cc3n(CCCC(=O)O)c2c1. The van der Waals surface area contributed by atoms with Crippen LogP contribution in [0.1, 0.15) is 12.8 Å². The van der Waals surface area contributed by atoms with Crippen LogP contribution in [0, 0.1) is 0 Å². The highest BCUT2D eigenvalue weighted by Crippen LogP contribution is 2.26. The lowest BCUT2D eigenvalue weighted by atomic mass is 10.1. The number of anilines is 2. The Hall–Kier alpha value is -3.02. The minimum Gasteiger partial charge on any atom is -0.481 e. The third-order valence-corrected chi connectivity index (χ3v) is 4.84. The number of aromatic nitrogens is 1. The van der Waals surface area contributed by atoms with E-state index in [0.29, 0.717) is 23.7 Å². The zero-order valence-electron chi connectivity index (χ0n) is 16.2. The van der Waals surface area contributed by atoms with E-state index in [1.807, 2.05) is 74.4 Å². The Balaban J connectivity index is 2.33. The predicted octanol–water partition coefficient (Wildman–Crippen LogP) is 3.15. The van der Waals surface area contributed by atoms with Crippen LogP contribution in [0.5, 0.6) is 0 Å². The molecule has 6 nitrogen and oxygen atoms in total. The Morgan fingerprint density at radius 1 is 0.926 bits per heavy atom.